The van der Waals surface area contributed by atoms with E-state index in [1.807, 2.05) is 25.1 Å². The molecule has 1 aliphatic heterocycles. The molecule has 1 aliphatic rings. The minimum Gasteiger partial charge on any atom is -0.489 e. The van der Waals surface area contributed by atoms with Gasteiger partial charge in [0.05, 0.1) is 24.2 Å². The van der Waals surface area contributed by atoms with Crippen molar-refractivity contribution in [2.24, 2.45) is 0 Å². The van der Waals surface area contributed by atoms with Crippen LogP contribution in [0.2, 0.25) is 0 Å². The molecular weight excluding hydrogens is 176 g/mol. The van der Waals surface area contributed by atoms with Crippen molar-refractivity contribution in [2.45, 2.75) is 19.4 Å². The van der Waals surface area contributed by atoms with E-state index in [0.29, 0.717) is 13.0 Å². The lowest BCUT2D eigenvalue weighted by atomic mass is 10.1. The van der Waals surface area contributed by atoms with Gasteiger partial charge in [0, 0.05) is 0 Å². The first-order chi connectivity index (χ1) is 6.79. The zero-order valence-electron chi connectivity index (χ0n) is 8.08. The van der Waals surface area contributed by atoms with Crippen LogP contribution in [0.4, 0.5) is 5.69 Å². The van der Waals surface area contributed by atoms with Crippen LogP contribution in [0, 0.1) is 18.3 Å². The van der Waals surface area contributed by atoms with Crippen molar-refractivity contribution in [3.8, 4) is 11.8 Å². The summed E-state index contributed by atoms with van der Waals surface area (Å²) in [6.45, 7) is 2.61. The second-order valence-corrected chi connectivity index (χ2v) is 3.51. The molecule has 1 aromatic carbocycles. The third-order valence-electron chi connectivity index (χ3n) is 2.27. The Morgan fingerprint density at radius 1 is 1.64 bits per heavy atom. The number of ether oxygens (including phenoxy) is 1. The molecule has 0 bridgehead atoms. The molecule has 1 aromatic rings. The van der Waals surface area contributed by atoms with Crippen LogP contribution in [0.3, 0.4) is 0 Å². The molecule has 2 rings (SSSR count). The summed E-state index contributed by atoms with van der Waals surface area (Å²) in [7, 11) is 0. The quantitative estimate of drug-likeness (QED) is 0.733. The fraction of sp³-hybridized carbons (Fsp3) is 0.364. The second kappa shape index (κ2) is 3.59. The third-order valence-corrected chi connectivity index (χ3v) is 2.27. The van der Waals surface area contributed by atoms with Gasteiger partial charge in [-0.3, -0.25) is 0 Å². The highest BCUT2D eigenvalue weighted by molar-refractivity contribution is 5.59. The van der Waals surface area contributed by atoms with Crippen LogP contribution in [0.1, 0.15) is 12.0 Å². The van der Waals surface area contributed by atoms with Crippen LogP contribution in [0.25, 0.3) is 0 Å². The molecule has 0 saturated carbocycles. The maximum absolute atomic E-state index is 8.57. The molecule has 0 amide bonds. The van der Waals surface area contributed by atoms with E-state index in [0.717, 1.165) is 11.4 Å². The number of nitriles is 1. The van der Waals surface area contributed by atoms with Crippen LogP contribution < -0.4 is 10.1 Å². The number of aryl methyl sites for hydroxylation is 1. The van der Waals surface area contributed by atoms with Crippen LogP contribution >= 0.6 is 0 Å². The van der Waals surface area contributed by atoms with Crippen molar-refractivity contribution in [2.75, 3.05) is 11.9 Å². The van der Waals surface area contributed by atoms with E-state index in [1.165, 1.54) is 5.56 Å². The third kappa shape index (κ3) is 1.64. The molecule has 0 aliphatic carbocycles. The Bertz CT molecular complexity index is 381. The molecule has 3 heteroatoms. The Balaban J connectivity index is 2.20. The van der Waals surface area contributed by atoms with Crippen LogP contribution in [0.15, 0.2) is 18.2 Å². The summed E-state index contributed by atoms with van der Waals surface area (Å²) in [4.78, 5) is 0. The van der Waals surface area contributed by atoms with Crippen molar-refractivity contribution in [3.05, 3.63) is 23.8 Å². The van der Waals surface area contributed by atoms with E-state index in [9.17, 15) is 0 Å². The summed E-state index contributed by atoms with van der Waals surface area (Å²) in [5.74, 6) is 0.888. The van der Waals surface area contributed by atoms with Gasteiger partial charge in [0.1, 0.15) is 12.4 Å². The Kier molecular flexibility index (Phi) is 2.28. The zero-order valence-corrected chi connectivity index (χ0v) is 8.08. The molecule has 0 aromatic heterocycles. The molecule has 1 unspecified atom stereocenters. The van der Waals surface area contributed by atoms with Gasteiger partial charge in [-0.15, -0.1) is 0 Å². The molecule has 1 heterocycles. The summed E-state index contributed by atoms with van der Waals surface area (Å²) >= 11 is 0. The average molecular weight is 188 g/mol. The van der Waals surface area contributed by atoms with E-state index >= 15 is 0 Å². The van der Waals surface area contributed by atoms with Gasteiger partial charge in [0.25, 0.3) is 0 Å². The number of hydrogen-bond donors (Lipinski definition) is 1. The Morgan fingerprint density at radius 3 is 3.29 bits per heavy atom. The minimum atomic E-state index is 0.121. The standard InChI is InChI=1S/C11H12N2O/c1-8-2-3-10-11(6-8)14-7-9(13-10)4-5-12/h2-3,6,9,13H,4,7H2,1H3. The summed E-state index contributed by atoms with van der Waals surface area (Å²) in [6.07, 6.45) is 0.479. The van der Waals surface area contributed by atoms with Crippen LogP contribution in [-0.4, -0.2) is 12.6 Å². The molecule has 72 valence electrons. The lowest BCUT2D eigenvalue weighted by Crippen LogP contribution is -2.30. The first-order valence-electron chi connectivity index (χ1n) is 4.66. The molecule has 0 fully saturated rings. The summed E-state index contributed by atoms with van der Waals surface area (Å²) in [5, 5.41) is 11.8. The van der Waals surface area contributed by atoms with Gasteiger partial charge in [0.2, 0.25) is 0 Å². The van der Waals surface area contributed by atoms with Crippen molar-refractivity contribution in [1.29, 1.82) is 5.26 Å². The predicted octanol–water partition coefficient (Wildman–Crippen LogP) is 2.08. The number of fused-ring (bicyclic) bond motifs is 1. The van der Waals surface area contributed by atoms with E-state index in [-0.39, 0.29) is 6.04 Å². The molecule has 1 N–H and O–H groups in total. The number of nitrogens with one attached hydrogen (secondary N) is 1. The maximum Gasteiger partial charge on any atom is 0.142 e. The molecule has 14 heavy (non-hydrogen) atoms. The predicted molar refractivity (Wildman–Crippen MR) is 54.3 cm³/mol. The first kappa shape index (κ1) is 8.89. The van der Waals surface area contributed by atoms with Gasteiger partial charge in [-0.05, 0) is 24.6 Å². The first-order valence-corrected chi connectivity index (χ1v) is 4.66. The number of anilines is 1. The molecule has 0 spiro atoms. The van der Waals surface area contributed by atoms with Gasteiger partial charge in [-0.1, -0.05) is 6.07 Å². The fourth-order valence-corrected chi connectivity index (χ4v) is 1.54. The average Bonchev–Trinajstić information content (AvgIpc) is 2.19. The smallest absolute Gasteiger partial charge is 0.142 e. The molecule has 3 nitrogen and oxygen atoms in total. The Hall–Kier alpha value is -1.69. The number of nitrogens with zero attached hydrogens (tertiary/aromatic N) is 1. The monoisotopic (exact) mass is 188 g/mol. The summed E-state index contributed by atoms with van der Waals surface area (Å²) in [5.41, 5.74) is 2.17. The van der Waals surface area contributed by atoms with Gasteiger partial charge >= 0.3 is 0 Å². The van der Waals surface area contributed by atoms with Gasteiger partial charge in [-0.25, -0.2) is 0 Å². The van der Waals surface area contributed by atoms with Crippen molar-refractivity contribution in [1.82, 2.24) is 0 Å². The second-order valence-electron chi connectivity index (χ2n) is 3.51. The fourth-order valence-electron chi connectivity index (χ4n) is 1.54. The van der Waals surface area contributed by atoms with Crippen LogP contribution in [-0.2, 0) is 0 Å². The zero-order chi connectivity index (χ0) is 9.97. The van der Waals surface area contributed by atoms with Crippen LogP contribution in [0.5, 0.6) is 5.75 Å². The van der Waals surface area contributed by atoms with Gasteiger partial charge in [-0.2, -0.15) is 5.26 Å². The lowest BCUT2D eigenvalue weighted by molar-refractivity contribution is 0.285. The SMILES string of the molecule is Cc1ccc2c(c1)OCC(CC#N)N2. The van der Waals surface area contributed by atoms with E-state index in [4.69, 9.17) is 10.00 Å². The molecule has 0 radical (unpaired) electrons. The highest BCUT2D eigenvalue weighted by atomic mass is 16.5. The highest BCUT2D eigenvalue weighted by Gasteiger charge is 2.17. The van der Waals surface area contributed by atoms with E-state index < -0.39 is 0 Å². The topological polar surface area (TPSA) is 45.0 Å². The van der Waals surface area contributed by atoms with Gasteiger partial charge in [0.15, 0.2) is 0 Å². The van der Waals surface area contributed by atoms with E-state index in [1.54, 1.807) is 0 Å². The summed E-state index contributed by atoms with van der Waals surface area (Å²) < 4.78 is 5.56. The number of benzene rings is 1. The molecule has 1 atom stereocenters. The number of rotatable bonds is 1. The highest BCUT2D eigenvalue weighted by Crippen LogP contribution is 2.30. The Labute approximate surface area is 83.3 Å². The largest absolute Gasteiger partial charge is 0.489 e. The molecular formula is C11H12N2O. The Morgan fingerprint density at radius 2 is 2.50 bits per heavy atom. The van der Waals surface area contributed by atoms with Gasteiger partial charge < -0.3 is 10.1 Å². The minimum absolute atomic E-state index is 0.121. The lowest BCUT2D eigenvalue weighted by Gasteiger charge is -2.26. The number of hydrogen-bond acceptors (Lipinski definition) is 3. The normalized spacial score (nSPS) is 18.7. The molecule has 0 saturated heterocycles. The maximum atomic E-state index is 8.57. The summed E-state index contributed by atoms with van der Waals surface area (Å²) in [6, 6.07) is 8.29. The van der Waals surface area contributed by atoms with E-state index in [2.05, 4.69) is 11.4 Å². The van der Waals surface area contributed by atoms with Crippen molar-refractivity contribution in [3.63, 3.8) is 0 Å². The van der Waals surface area contributed by atoms with Crippen molar-refractivity contribution < 1.29 is 4.74 Å². The van der Waals surface area contributed by atoms with Crippen molar-refractivity contribution >= 4 is 5.69 Å².